The van der Waals surface area contributed by atoms with Crippen LogP contribution < -0.4 is 4.90 Å². The van der Waals surface area contributed by atoms with Crippen LogP contribution in [0, 0.1) is 5.92 Å². The molecule has 2 aromatic heterocycles. The maximum Gasteiger partial charge on any atom is 0.143 e. The van der Waals surface area contributed by atoms with E-state index in [1.807, 2.05) is 6.20 Å². The van der Waals surface area contributed by atoms with Crippen LogP contribution in [0.4, 0.5) is 5.69 Å². The molecule has 3 heterocycles. The van der Waals surface area contributed by atoms with E-state index in [1.165, 1.54) is 29.1 Å². The summed E-state index contributed by atoms with van der Waals surface area (Å²) in [6.45, 7) is 14.2. The molecule has 0 radical (unpaired) electrons. The number of piperidine rings is 1. The van der Waals surface area contributed by atoms with Gasteiger partial charge in [0.1, 0.15) is 12.4 Å². The van der Waals surface area contributed by atoms with Gasteiger partial charge >= 0.3 is 0 Å². The lowest BCUT2D eigenvalue weighted by Gasteiger charge is -2.43. The van der Waals surface area contributed by atoms with Crippen molar-refractivity contribution >= 4 is 24.8 Å². The van der Waals surface area contributed by atoms with E-state index in [1.54, 1.807) is 0 Å². The quantitative estimate of drug-likeness (QED) is 0.301. The second-order valence-electron chi connectivity index (χ2n) is 10.9. The fourth-order valence-electron chi connectivity index (χ4n) is 4.81. The Morgan fingerprint density at radius 1 is 1.12 bits per heavy atom. The van der Waals surface area contributed by atoms with Crippen molar-refractivity contribution in [3.8, 4) is 0 Å². The summed E-state index contributed by atoms with van der Waals surface area (Å²) in [5.74, 6) is 0.650. The highest BCUT2D eigenvalue weighted by molar-refractivity contribution is 6.76. The molecule has 0 bridgehead atoms. The molecule has 1 fully saturated rings. The van der Waals surface area contributed by atoms with Gasteiger partial charge in [-0.25, -0.2) is 4.98 Å². The standard InChI is InChI=1S/C27H40N4OSi/c1-22-12-15-30(19-23-9-7-6-8-10-23)20-26(22)29(2)25-11-14-28-27-24(25)13-16-31(27)21-32-17-18-33(3,4)5/h6-11,13-14,16,22,26H,12,15,17-21H2,1-5H3/t22-,26?/m1/s1. The fraction of sp³-hybridized carbons (Fsp3) is 0.519. The molecule has 1 aliphatic rings. The lowest BCUT2D eigenvalue weighted by Crippen LogP contribution is -2.50. The molecule has 1 aliphatic heterocycles. The van der Waals surface area contributed by atoms with E-state index >= 15 is 0 Å². The molecule has 0 N–H and O–H groups in total. The maximum atomic E-state index is 6.00. The lowest BCUT2D eigenvalue weighted by molar-refractivity contribution is 0.0899. The first-order valence-corrected chi connectivity index (χ1v) is 16.0. The van der Waals surface area contributed by atoms with E-state index in [0.717, 1.165) is 31.9 Å². The van der Waals surface area contributed by atoms with Crippen LogP contribution >= 0.6 is 0 Å². The van der Waals surface area contributed by atoms with E-state index in [0.29, 0.717) is 18.7 Å². The number of ether oxygens (including phenoxy) is 1. The SMILES string of the molecule is C[C@@H]1CCN(Cc2ccccc2)CC1N(C)c1ccnc2c1ccn2COCC[Si](C)(C)C. The molecule has 4 rings (SSSR count). The highest BCUT2D eigenvalue weighted by Crippen LogP contribution is 2.31. The van der Waals surface area contributed by atoms with Gasteiger partial charge in [0.15, 0.2) is 0 Å². The molecule has 0 amide bonds. The summed E-state index contributed by atoms with van der Waals surface area (Å²) in [6, 6.07) is 16.9. The predicted molar refractivity (Wildman–Crippen MR) is 142 cm³/mol. The number of anilines is 1. The molecular weight excluding hydrogens is 424 g/mol. The van der Waals surface area contributed by atoms with Gasteiger partial charge in [-0.15, -0.1) is 0 Å². The first-order valence-electron chi connectivity index (χ1n) is 12.3. The third kappa shape index (κ3) is 6.05. The van der Waals surface area contributed by atoms with Gasteiger partial charge in [0.25, 0.3) is 0 Å². The average molecular weight is 465 g/mol. The Morgan fingerprint density at radius 3 is 2.67 bits per heavy atom. The molecule has 33 heavy (non-hydrogen) atoms. The number of nitrogens with zero attached hydrogens (tertiary/aromatic N) is 4. The lowest BCUT2D eigenvalue weighted by atomic mass is 9.91. The molecule has 1 aromatic carbocycles. The second-order valence-corrected chi connectivity index (χ2v) is 16.5. The van der Waals surface area contributed by atoms with Gasteiger partial charge in [-0.05, 0) is 42.6 Å². The number of rotatable bonds is 9. The van der Waals surface area contributed by atoms with Crippen LogP contribution in [0.1, 0.15) is 18.9 Å². The number of likely N-dealkylation sites (tertiary alicyclic amines) is 1. The van der Waals surface area contributed by atoms with Crippen molar-refractivity contribution in [2.24, 2.45) is 5.92 Å². The van der Waals surface area contributed by atoms with Gasteiger partial charge in [0.05, 0.1) is 0 Å². The van der Waals surface area contributed by atoms with Crippen LogP contribution in [0.5, 0.6) is 0 Å². The number of benzene rings is 1. The number of pyridine rings is 1. The molecule has 0 saturated carbocycles. The van der Waals surface area contributed by atoms with Crippen molar-refractivity contribution in [3.63, 3.8) is 0 Å². The highest BCUT2D eigenvalue weighted by Gasteiger charge is 2.30. The zero-order chi connectivity index (χ0) is 23.4. The molecule has 3 aromatic rings. The number of likely N-dealkylation sites (N-methyl/N-ethyl adjacent to an activating group) is 1. The summed E-state index contributed by atoms with van der Waals surface area (Å²) in [6.07, 6.45) is 5.29. The Balaban J connectivity index is 1.46. The molecule has 0 spiro atoms. The first kappa shape index (κ1) is 24.0. The van der Waals surface area contributed by atoms with Crippen LogP contribution in [-0.2, 0) is 18.0 Å². The number of hydrogen-bond acceptors (Lipinski definition) is 4. The predicted octanol–water partition coefficient (Wildman–Crippen LogP) is 5.70. The molecule has 2 atom stereocenters. The third-order valence-electron chi connectivity index (χ3n) is 7.00. The summed E-state index contributed by atoms with van der Waals surface area (Å²) >= 11 is 0. The van der Waals surface area contributed by atoms with Crippen molar-refractivity contribution in [1.82, 2.24) is 14.5 Å². The van der Waals surface area contributed by atoms with Crippen molar-refractivity contribution < 1.29 is 4.74 Å². The van der Waals surface area contributed by atoms with E-state index < -0.39 is 8.07 Å². The summed E-state index contributed by atoms with van der Waals surface area (Å²) < 4.78 is 8.15. The largest absolute Gasteiger partial charge is 0.369 e. The first-order chi connectivity index (χ1) is 15.8. The summed E-state index contributed by atoms with van der Waals surface area (Å²) in [5, 5.41) is 1.21. The monoisotopic (exact) mass is 464 g/mol. The summed E-state index contributed by atoms with van der Waals surface area (Å²) in [5.41, 5.74) is 3.67. The summed E-state index contributed by atoms with van der Waals surface area (Å²) in [7, 11) is 1.18. The van der Waals surface area contributed by atoms with Crippen molar-refractivity contribution in [3.05, 3.63) is 60.4 Å². The fourth-order valence-corrected chi connectivity index (χ4v) is 5.57. The molecule has 1 unspecified atom stereocenters. The van der Waals surface area contributed by atoms with E-state index in [2.05, 4.69) is 96.6 Å². The van der Waals surface area contributed by atoms with Gasteiger partial charge in [-0.1, -0.05) is 56.9 Å². The zero-order valence-electron chi connectivity index (χ0n) is 21.0. The van der Waals surface area contributed by atoms with E-state index in [9.17, 15) is 0 Å². The minimum absolute atomic E-state index is 0.476. The van der Waals surface area contributed by atoms with Gasteiger partial charge in [0, 0.05) is 64.3 Å². The minimum atomic E-state index is -1.07. The van der Waals surface area contributed by atoms with E-state index in [-0.39, 0.29) is 0 Å². The Kier molecular flexibility index (Phi) is 7.57. The van der Waals surface area contributed by atoms with E-state index in [4.69, 9.17) is 9.72 Å². The van der Waals surface area contributed by atoms with Crippen LogP contribution in [0.3, 0.4) is 0 Å². The Morgan fingerprint density at radius 2 is 1.91 bits per heavy atom. The van der Waals surface area contributed by atoms with Gasteiger partial charge in [-0.2, -0.15) is 0 Å². The minimum Gasteiger partial charge on any atom is -0.369 e. The summed E-state index contributed by atoms with van der Waals surface area (Å²) in [4.78, 5) is 9.79. The Labute approximate surface area is 200 Å². The zero-order valence-corrected chi connectivity index (χ0v) is 22.0. The molecule has 178 valence electrons. The van der Waals surface area contributed by atoms with Crippen LogP contribution in [0.25, 0.3) is 11.0 Å². The second kappa shape index (κ2) is 10.4. The van der Waals surface area contributed by atoms with Gasteiger partial charge < -0.3 is 14.2 Å². The average Bonchev–Trinajstić information content (AvgIpc) is 3.21. The molecule has 6 heteroatoms. The number of aromatic nitrogens is 2. The van der Waals surface area contributed by atoms with Crippen LogP contribution in [0.15, 0.2) is 54.9 Å². The third-order valence-corrected chi connectivity index (χ3v) is 8.70. The molecular formula is C27H40N4OSi. The number of fused-ring (bicyclic) bond motifs is 1. The molecule has 0 aliphatic carbocycles. The van der Waals surface area contributed by atoms with Gasteiger partial charge in [0.2, 0.25) is 0 Å². The normalized spacial score (nSPS) is 19.8. The smallest absolute Gasteiger partial charge is 0.143 e. The van der Waals surface area contributed by atoms with Crippen molar-refractivity contribution in [1.29, 1.82) is 0 Å². The van der Waals surface area contributed by atoms with Crippen LogP contribution in [0.2, 0.25) is 25.7 Å². The van der Waals surface area contributed by atoms with Crippen molar-refractivity contribution in [2.45, 2.75) is 58.3 Å². The molecule has 5 nitrogen and oxygen atoms in total. The maximum absolute atomic E-state index is 6.00. The van der Waals surface area contributed by atoms with Crippen molar-refractivity contribution in [2.75, 3.05) is 31.6 Å². The molecule has 1 saturated heterocycles. The number of hydrogen-bond donors (Lipinski definition) is 0. The Bertz CT molecular complexity index is 1030. The Hall–Kier alpha value is -2.15. The topological polar surface area (TPSA) is 33.5 Å². The highest BCUT2D eigenvalue weighted by atomic mass is 28.3. The van der Waals surface area contributed by atoms with Gasteiger partial charge in [-0.3, -0.25) is 4.90 Å². The van der Waals surface area contributed by atoms with Crippen LogP contribution in [-0.4, -0.2) is 55.3 Å².